The number of nitrogens with zero attached hydrogens (tertiary/aromatic N) is 2. The number of fused-ring (bicyclic) bond motifs is 1. The van der Waals surface area contributed by atoms with Crippen LogP contribution >= 0.6 is 0 Å². The van der Waals surface area contributed by atoms with Gasteiger partial charge in [0.05, 0.1) is 11.6 Å². The first-order valence-electron chi connectivity index (χ1n) is 8.10. The Morgan fingerprint density at radius 1 is 1.08 bits per heavy atom. The molecule has 0 N–H and O–H groups in total. The molecule has 3 aromatic rings. The second-order valence-corrected chi connectivity index (χ2v) is 6.29. The van der Waals surface area contributed by atoms with Gasteiger partial charge in [-0.2, -0.15) is 4.73 Å². The number of imide groups is 1. The molecule has 2 aromatic carbocycles. The van der Waals surface area contributed by atoms with Crippen LogP contribution in [0.15, 0.2) is 60.8 Å². The molecule has 1 aliphatic rings. The molecule has 1 aliphatic heterocycles. The van der Waals surface area contributed by atoms with Crippen molar-refractivity contribution in [2.24, 2.45) is 0 Å². The maximum Gasteiger partial charge on any atom is 0.242 e. The van der Waals surface area contributed by atoms with E-state index in [9.17, 15) is 14.8 Å². The molecule has 0 radical (unpaired) electrons. The lowest BCUT2D eigenvalue weighted by Crippen LogP contribution is -2.31. The van der Waals surface area contributed by atoms with Crippen molar-refractivity contribution in [3.8, 4) is 0 Å². The molecule has 1 unspecified atom stereocenters. The monoisotopic (exact) mass is 332 g/mol. The van der Waals surface area contributed by atoms with Gasteiger partial charge in [-0.3, -0.25) is 14.5 Å². The van der Waals surface area contributed by atoms with Crippen LogP contribution in [-0.2, 0) is 9.59 Å². The fourth-order valence-corrected chi connectivity index (χ4v) is 3.51. The first-order valence-corrected chi connectivity index (χ1v) is 8.10. The molecular formula is C20H16N2O3. The SMILES string of the molecule is Cc1cc(C2CC(=O)N(c3ccccc3)C2=O)c2c(ccc[n+]2[O-])c1. The summed E-state index contributed by atoms with van der Waals surface area (Å²) in [6.45, 7) is 1.92. The Morgan fingerprint density at radius 3 is 2.60 bits per heavy atom. The van der Waals surface area contributed by atoms with Gasteiger partial charge in [-0.1, -0.05) is 18.2 Å². The van der Waals surface area contributed by atoms with Crippen molar-refractivity contribution in [2.45, 2.75) is 19.3 Å². The first-order chi connectivity index (χ1) is 12.1. The molecule has 1 fully saturated rings. The number of carbonyl (C=O) groups excluding carboxylic acids is 2. The van der Waals surface area contributed by atoms with Gasteiger partial charge in [0, 0.05) is 23.4 Å². The fourth-order valence-electron chi connectivity index (χ4n) is 3.51. The third kappa shape index (κ3) is 2.45. The van der Waals surface area contributed by atoms with E-state index in [1.54, 1.807) is 30.3 Å². The van der Waals surface area contributed by atoms with Crippen LogP contribution in [0.5, 0.6) is 0 Å². The van der Waals surface area contributed by atoms with Crippen LogP contribution in [-0.4, -0.2) is 11.8 Å². The summed E-state index contributed by atoms with van der Waals surface area (Å²) in [5, 5.41) is 13.1. The van der Waals surface area contributed by atoms with Gasteiger partial charge in [0.2, 0.25) is 17.3 Å². The number of anilines is 1. The lowest BCUT2D eigenvalue weighted by atomic mass is 9.93. The number of aromatic nitrogens is 1. The number of hydrogen-bond donors (Lipinski definition) is 0. The van der Waals surface area contributed by atoms with Crippen LogP contribution in [0.2, 0.25) is 0 Å². The molecule has 124 valence electrons. The molecule has 2 heterocycles. The zero-order valence-electron chi connectivity index (χ0n) is 13.7. The summed E-state index contributed by atoms with van der Waals surface area (Å²) in [6, 6.07) is 16.1. The molecule has 0 spiro atoms. The smallest absolute Gasteiger partial charge is 0.242 e. The number of carbonyl (C=O) groups is 2. The van der Waals surface area contributed by atoms with E-state index in [-0.39, 0.29) is 18.2 Å². The van der Waals surface area contributed by atoms with Crippen LogP contribution < -0.4 is 9.63 Å². The highest BCUT2D eigenvalue weighted by Crippen LogP contribution is 2.36. The van der Waals surface area contributed by atoms with E-state index in [0.717, 1.165) is 15.7 Å². The van der Waals surface area contributed by atoms with Crippen molar-refractivity contribution in [2.75, 3.05) is 4.90 Å². The Hall–Kier alpha value is -3.21. The normalized spacial score (nSPS) is 17.5. The number of benzene rings is 2. The molecule has 2 amide bonds. The van der Waals surface area contributed by atoms with Crippen molar-refractivity contribution in [1.82, 2.24) is 0 Å². The van der Waals surface area contributed by atoms with Crippen molar-refractivity contribution < 1.29 is 14.3 Å². The third-order valence-corrected chi connectivity index (χ3v) is 4.57. The van der Waals surface area contributed by atoms with Crippen molar-refractivity contribution in [1.29, 1.82) is 0 Å². The quantitative estimate of drug-likeness (QED) is 0.412. The number of pyridine rings is 1. The fraction of sp³-hybridized carbons (Fsp3) is 0.150. The van der Waals surface area contributed by atoms with Gasteiger partial charge in [-0.25, -0.2) is 0 Å². The Morgan fingerprint density at radius 2 is 1.84 bits per heavy atom. The second kappa shape index (κ2) is 5.70. The van der Waals surface area contributed by atoms with E-state index in [0.29, 0.717) is 16.8 Å². The van der Waals surface area contributed by atoms with E-state index < -0.39 is 5.92 Å². The van der Waals surface area contributed by atoms with Crippen LogP contribution in [0.3, 0.4) is 0 Å². The molecule has 0 saturated carbocycles. The van der Waals surface area contributed by atoms with E-state index in [4.69, 9.17) is 0 Å². The first kappa shape index (κ1) is 15.3. The van der Waals surface area contributed by atoms with Crippen LogP contribution in [0.25, 0.3) is 10.9 Å². The Kier molecular flexibility index (Phi) is 3.50. The predicted octanol–water partition coefficient (Wildman–Crippen LogP) is 2.83. The van der Waals surface area contributed by atoms with Crippen LogP contribution in [0.1, 0.15) is 23.5 Å². The second-order valence-electron chi connectivity index (χ2n) is 6.29. The number of rotatable bonds is 2. The molecule has 1 aromatic heterocycles. The molecule has 5 heteroatoms. The van der Waals surface area contributed by atoms with Crippen molar-refractivity contribution in [3.63, 3.8) is 0 Å². The highest BCUT2D eigenvalue weighted by molar-refractivity contribution is 6.23. The van der Waals surface area contributed by atoms with Crippen LogP contribution in [0, 0.1) is 12.1 Å². The lowest BCUT2D eigenvalue weighted by Gasteiger charge is -2.16. The summed E-state index contributed by atoms with van der Waals surface area (Å²) < 4.78 is 0.771. The summed E-state index contributed by atoms with van der Waals surface area (Å²) in [5.74, 6) is -1.17. The maximum atomic E-state index is 13.0. The molecule has 25 heavy (non-hydrogen) atoms. The van der Waals surface area contributed by atoms with Gasteiger partial charge in [0.25, 0.3) is 0 Å². The van der Waals surface area contributed by atoms with Gasteiger partial charge in [-0.15, -0.1) is 0 Å². The highest BCUT2D eigenvalue weighted by atomic mass is 16.5. The summed E-state index contributed by atoms with van der Waals surface area (Å²) in [6.07, 6.45) is 1.48. The molecule has 1 atom stereocenters. The molecule has 5 nitrogen and oxygen atoms in total. The molecule has 0 aliphatic carbocycles. The average Bonchev–Trinajstić information content (AvgIpc) is 2.89. The number of aryl methyl sites for hydroxylation is 1. The zero-order chi connectivity index (χ0) is 17.6. The average molecular weight is 332 g/mol. The van der Waals surface area contributed by atoms with Gasteiger partial charge in [0.15, 0.2) is 6.20 Å². The summed E-state index contributed by atoms with van der Waals surface area (Å²) >= 11 is 0. The van der Waals surface area contributed by atoms with Crippen molar-refractivity contribution >= 4 is 28.4 Å². The topological polar surface area (TPSA) is 64.3 Å². The van der Waals surface area contributed by atoms with E-state index in [2.05, 4.69) is 0 Å². The summed E-state index contributed by atoms with van der Waals surface area (Å²) in [4.78, 5) is 26.7. The largest absolute Gasteiger partial charge is 0.618 e. The number of para-hydroxylation sites is 1. The molecule has 0 bridgehead atoms. The Balaban J connectivity index is 1.85. The van der Waals surface area contributed by atoms with Crippen molar-refractivity contribution in [3.05, 3.63) is 77.1 Å². The Labute approximate surface area is 144 Å². The third-order valence-electron chi connectivity index (χ3n) is 4.57. The predicted molar refractivity (Wildman–Crippen MR) is 93.9 cm³/mol. The van der Waals surface area contributed by atoms with Crippen LogP contribution in [0.4, 0.5) is 5.69 Å². The van der Waals surface area contributed by atoms with Gasteiger partial charge < -0.3 is 5.21 Å². The van der Waals surface area contributed by atoms with Gasteiger partial charge in [-0.05, 0) is 42.8 Å². The molecular weight excluding hydrogens is 316 g/mol. The van der Waals surface area contributed by atoms with E-state index >= 15 is 0 Å². The highest BCUT2D eigenvalue weighted by Gasteiger charge is 2.42. The summed E-state index contributed by atoms with van der Waals surface area (Å²) in [7, 11) is 0. The standard InChI is InChI=1S/C20H16N2O3/c1-13-10-14-6-5-9-21(25)19(14)16(11-13)17-12-18(23)22(20(17)24)15-7-3-2-4-8-15/h2-11,17H,12H2,1H3. The van der Waals surface area contributed by atoms with E-state index in [1.807, 2.05) is 31.2 Å². The Bertz CT molecular complexity index is 998. The number of amides is 2. The molecule has 4 rings (SSSR count). The minimum absolute atomic E-state index is 0.0706. The summed E-state index contributed by atoms with van der Waals surface area (Å²) in [5.41, 5.74) is 2.58. The van der Waals surface area contributed by atoms with E-state index in [1.165, 1.54) is 11.1 Å². The lowest BCUT2D eigenvalue weighted by molar-refractivity contribution is -0.577. The minimum atomic E-state index is -0.641. The van der Waals surface area contributed by atoms with Gasteiger partial charge in [0.1, 0.15) is 0 Å². The number of hydrogen-bond acceptors (Lipinski definition) is 3. The van der Waals surface area contributed by atoms with Gasteiger partial charge >= 0.3 is 0 Å². The molecule has 1 saturated heterocycles. The zero-order valence-corrected chi connectivity index (χ0v) is 13.7. The minimum Gasteiger partial charge on any atom is -0.618 e. The maximum absolute atomic E-state index is 13.0.